The van der Waals surface area contributed by atoms with Crippen molar-refractivity contribution in [2.24, 2.45) is 11.7 Å². The van der Waals surface area contributed by atoms with Crippen LogP contribution in [0.2, 0.25) is 0 Å². The first kappa shape index (κ1) is 16.6. The number of hydrogen-bond donors (Lipinski definition) is 2. The van der Waals surface area contributed by atoms with E-state index in [-0.39, 0.29) is 11.8 Å². The van der Waals surface area contributed by atoms with Crippen LogP contribution in [0.15, 0.2) is 66.9 Å². The van der Waals surface area contributed by atoms with E-state index in [1.54, 1.807) is 24.3 Å². The van der Waals surface area contributed by atoms with Gasteiger partial charge < -0.3 is 15.8 Å². The number of carbonyl (C=O) groups is 1. The van der Waals surface area contributed by atoms with Gasteiger partial charge in [0.25, 0.3) is 5.91 Å². The van der Waals surface area contributed by atoms with E-state index in [2.05, 4.69) is 11.9 Å². The molecule has 0 fully saturated rings. The Morgan fingerprint density at radius 1 is 1.13 bits per heavy atom. The van der Waals surface area contributed by atoms with Gasteiger partial charge in [-0.3, -0.25) is 4.79 Å². The number of nitrogens with two attached hydrogens (primary N) is 1. The molecule has 23 heavy (non-hydrogen) atoms. The van der Waals surface area contributed by atoms with Crippen LogP contribution in [0.4, 0.5) is 0 Å². The van der Waals surface area contributed by atoms with Gasteiger partial charge in [-0.2, -0.15) is 0 Å². The molecule has 4 heteroatoms. The zero-order chi connectivity index (χ0) is 16.7. The fourth-order valence-electron chi connectivity index (χ4n) is 1.99. The minimum atomic E-state index is -0.105. The Morgan fingerprint density at radius 3 is 2.35 bits per heavy atom. The lowest BCUT2D eigenvalue weighted by Gasteiger charge is -2.11. The summed E-state index contributed by atoms with van der Waals surface area (Å²) in [6.07, 6.45) is 0.774. The second-order valence-corrected chi connectivity index (χ2v) is 5.46. The summed E-state index contributed by atoms with van der Waals surface area (Å²) in [4.78, 5) is 12.1. The molecule has 2 rings (SSSR count). The van der Waals surface area contributed by atoms with Crippen molar-refractivity contribution in [3.05, 3.63) is 72.4 Å². The quantitative estimate of drug-likeness (QED) is 0.819. The SMILES string of the molecule is C=C(N)C(C)CCNC(=O)c1ccc(Oc2ccccc2)cc1. The molecule has 0 saturated carbocycles. The first-order valence-corrected chi connectivity index (χ1v) is 7.61. The number of benzene rings is 2. The second kappa shape index (κ2) is 8.03. The number of ether oxygens (including phenoxy) is 1. The van der Waals surface area contributed by atoms with Crippen molar-refractivity contribution >= 4 is 5.91 Å². The van der Waals surface area contributed by atoms with Crippen molar-refractivity contribution < 1.29 is 9.53 Å². The Labute approximate surface area is 137 Å². The molecule has 1 atom stereocenters. The van der Waals surface area contributed by atoms with Crippen LogP contribution in [0, 0.1) is 5.92 Å². The first-order chi connectivity index (χ1) is 11.1. The summed E-state index contributed by atoms with van der Waals surface area (Å²) in [7, 11) is 0. The van der Waals surface area contributed by atoms with E-state index < -0.39 is 0 Å². The van der Waals surface area contributed by atoms with E-state index in [9.17, 15) is 4.79 Å². The normalized spacial score (nSPS) is 11.5. The van der Waals surface area contributed by atoms with Crippen molar-refractivity contribution in [3.63, 3.8) is 0 Å². The fourth-order valence-corrected chi connectivity index (χ4v) is 1.99. The molecule has 4 nitrogen and oxygen atoms in total. The van der Waals surface area contributed by atoms with Gasteiger partial charge in [0.2, 0.25) is 0 Å². The molecule has 0 aliphatic rings. The molecule has 3 N–H and O–H groups in total. The molecule has 0 saturated heterocycles. The van der Waals surface area contributed by atoms with Gasteiger partial charge in [0.05, 0.1) is 0 Å². The molecule has 0 aromatic heterocycles. The monoisotopic (exact) mass is 310 g/mol. The van der Waals surface area contributed by atoms with Crippen molar-refractivity contribution in [1.29, 1.82) is 0 Å². The predicted octanol–water partition coefficient (Wildman–Crippen LogP) is 3.71. The van der Waals surface area contributed by atoms with Crippen LogP contribution in [0.3, 0.4) is 0 Å². The number of rotatable bonds is 7. The number of amides is 1. The van der Waals surface area contributed by atoms with Gasteiger partial charge >= 0.3 is 0 Å². The third kappa shape index (κ3) is 5.18. The first-order valence-electron chi connectivity index (χ1n) is 7.61. The minimum Gasteiger partial charge on any atom is -0.457 e. The molecule has 0 heterocycles. The highest BCUT2D eigenvalue weighted by molar-refractivity contribution is 5.94. The zero-order valence-electron chi connectivity index (χ0n) is 13.3. The molecule has 2 aromatic rings. The maximum atomic E-state index is 12.1. The molecule has 0 aliphatic heterocycles. The van der Waals surface area contributed by atoms with Gasteiger partial charge in [0.1, 0.15) is 11.5 Å². The highest BCUT2D eigenvalue weighted by Gasteiger charge is 2.07. The highest BCUT2D eigenvalue weighted by atomic mass is 16.5. The van der Waals surface area contributed by atoms with Gasteiger partial charge in [0.15, 0.2) is 0 Å². The third-order valence-corrected chi connectivity index (χ3v) is 3.59. The summed E-state index contributed by atoms with van der Waals surface area (Å²) in [6, 6.07) is 16.6. The number of carbonyl (C=O) groups excluding carboxylic acids is 1. The second-order valence-electron chi connectivity index (χ2n) is 5.46. The number of allylic oxidation sites excluding steroid dienone is 1. The van der Waals surface area contributed by atoms with Crippen LogP contribution in [0.25, 0.3) is 0 Å². The topological polar surface area (TPSA) is 64.3 Å². The lowest BCUT2D eigenvalue weighted by molar-refractivity contribution is 0.0952. The Morgan fingerprint density at radius 2 is 1.74 bits per heavy atom. The average molecular weight is 310 g/mol. The smallest absolute Gasteiger partial charge is 0.251 e. The summed E-state index contributed by atoms with van der Waals surface area (Å²) in [6.45, 7) is 6.26. The minimum absolute atomic E-state index is 0.105. The molecule has 0 radical (unpaired) electrons. The molecule has 1 unspecified atom stereocenters. The van der Waals surface area contributed by atoms with Crippen LogP contribution in [0.1, 0.15) is 23.7 Å². The molecule has 1 amide bonds. The summed E-state index contributed by atoms with van der Waals surface area (Å²) in [5.41, 5.74) is 6.86. The van der Waals surface area contributed by atoms with Crippen LogP contribution in [0.5, 0.6) is 11.5 Å². The van der Waals surface area contributed by atoms with Crippen LogP contribution < -0.4 is 15.8 Å². The molecule has 120 valence electrons. The van der Waals surface area contributed by atoms with Gasteiger partial charge in [-0.1, -0.05) is 31.7 Å². The lowest BCUT2D eigenvalue weighted by atomic mass is 10.1. The molecule has 0 spiro atoms. The molecule has 0 aliphatic carbocycles. The van der Waals surface area contributed by atoms with Crippen molar-refractivity contribution in [3.8, 4) is 11.5 Å². The van der Waals surface area contributed by atoms with Gasteiger partial charge in [-0.25, -0.2) is 0 Å². The summed E-state index contributed by atoms with van der Waals surface area (Å²) >= 11 is 0. The van der Waals surface area contributed by atoms with Crippen molar-refractivity contribution in [2.75, 3.05) is 6.54 Å². The zero-order valence-corrected chi connectivity index (χ0v) is 13.3. The lowest BCUT2D eigenvalue weighted by Crippen LogP contribution is -2.26. The largest absolute Gasteiger partial charge is 0.457 e. The van der Waals surface area contributed by atoms with E-state index in [0.29, 0.717) is 23.6 Å². The van der Waals surface area contributed by atoms with E-state index in [0.717, 1.165) is 12.2 Å². The Kier molecular flexibility index (Phi) is 5.80. The van der Waals surface area contributed by atoms with E-state index in [1.165, 1.54) is 0 Å². The van der Waals surface area contributed by atoms with Gasteiger partial charge in [0, 0.05) is 17.8 Å². The maximum absolute atomic E-state index is 12.1. The van der Waals surface area contributed by atoms with Crippen molar-refractivity contribution in [2.45, 2.75) is 13.3 Å². The molecule has 0 bridgehead atoms. The van der Waals surface area contributed by atoms with Gasteiger partial charge in [-0.15, -0.1) is 0 Å². The predicted molar refractivity (Wildman–Crippen MR) is 92.4 cm³/mol. The van der Waals surface area contributed by atoms with E-state index in [4.69, 9.17) is 10.5 Å². The Hall–Kier alpha value is -2.75. The molecule has 2 aromatic carbocycles. The summed E-state index contributed by atoms with van der Waals surface area (Å²) < 4.78 is 5.70. The standard InChI is InChI=1S/C19H22N2O2/c1-14(15(2)20)12-13-21-19(22)16-8-10-18(11-9-16)23-17-6-4-3-5-7-17/h3-11,14H,2,12-13,20H2,1H3,(H,21,22). The summed E-state index contributed by atoms with van der Waals surface area (Å²) in [5, 5.41) is 2.88. The molecular weight excluding hydrogens is 288 g/mol. The maximum Gasteiger partial charge on any atom is 0.251 e. The van der Waals surface area contributed by atoms with Crippen LogP contribution >= 0.6 is 0 Å². The fraction of sp³-hybridized carbons (Fsp3) is 0.211. The van der Waals surface area contributed by atoms with Crippen LogP contribution in [-0.2, 0) is 0 Å². The molecular formula is C19H22N2O2. The van der Waals surface area contributed by atoms with Crippen LogP contribution in [-0.4, -0.2) is 12.5 Å². The Balaban J connectivity index is 1.86. The number of para-hydroxylation sites is 1. The summed E-state index contributed by atoms with van der Waals surface area (Å²) in [5.74, 6) is 1.55. The van der Waals surface area contributed by atoms with E-state index >= 15 is 0 Å². The number of hydrogen-bond acceptors (Lipinski definition) is 3. The third-order valence-electron chi connectivity index (χ3n) is 3.59. The van der Waals surface area contributed by atoms with E-state index in [1.807, 2.05) is 37.3 Å². The van der Waals surface area contributed by atoms with Crippen molar-refractivity contribution in [1.82, 2.24) is 5.32 Å². The Bertz CT molecular complexity index is 651. The highest BCUT2D eigenvalue weighted by Crippen LogP contribution is 2.21. The average Bonchev–Trinajstić information content (AvgIpc) is 2.56. The van der Waals surface area contributed by atoms with Gasteiger partial charge in [-0.05, 0) is 48.7 Å². The number of nitrogens with one attached hydrogen (secondary N) is 1.